The van der Waals surface area contributed by atoms with Crippen molar-refractivity contribution < 1.29 is 5.11 Å². The smallest absolute Gasteiger partial charge is 0.0828 e. The Kier molecular flexibility index (Phi) is 4.27. The summed E-state index contributed by atoms with van der Waals surface area (Å²) >= 11 is 3.47. The van der Waals surface area contributed by atoms with Gasteiger partial charge in [0.25, 0.3) is 0 Å². The number of hydrogen-bond acceptors (Lipinski definition) is 2. The van der Waals surface area contributed by atoms with Gasteiger partial charge in [0.1, 0.15) is 0 Å². The van der Waals surface area contributed by atoms with Gasteiger partial charge in [-0.1, -0.05) is 45.8 Å². The van der Waals surface area contributed by atoms with E-state index in [2.05, 4.69) is 40.3 Å². The fourth-order valence-electron chi connectivity index (χ4n) is 1.99. The fourth-order valence-corrected chi connectivity index (χ4v) is 2.39. The van der Waals surface area contributed by atoms with Crippen molar-refractivity contribution in [1.82, 2.24) is 0 Å². The van der Waals surface area contributed by atoms with Crippen molar-refractivity contribution in [3.8, 4) is 0 Å². The first-order chi connectivity index (χ1) is 9.03. The van der Waals surface area contributed by atoms with Gasteiger partial charge in [-0.25, -0.2) is 0 Å². The number of aliphatic hydroxyl groups is 1. The second-order valence-corrected chi connectivity index (χ2v) is 5.91. The fraction of sp³-hybridized carbons (Fsp3) is 0.250. The highest BCUT2D eigenvalue weighted by molar-refractivity contribution is 9.10. The van der Waals surface area contributed by atoms with E-state index < -0.39 is 5.54 Å². The van der Waals surface area contributed by atoms with Crippen LogP contribution in [0.5, 0.6) is 0 Å². The van der Waals surface area contributed by atoms with Crippen LogP contribution in [0.25, 0.3) is 0 Å². The molecule has 2 aromatic carbocycles. The number of hydrogen-bond donors (Lipinski definition) is 2. The molecule has 0 bridgehead atoms. The zero-order chi connectivity index (χ0) is 13.9. The predicted molar refractivity (Wildman–Crippen MR) is 83.4 cm³/mol. The maximum Gasteiger partial charge on any atom is 0.0828 e. The summed E-state index contributed by atoms with van der Waals surface area (Å²) in [6.07, 6.45) is 0. The van der Waals surface area contributed by atoms with Gasteiger partial charge in [-0.3, -0.25) is 0 Å². The van der Waals surface area contributed by atoms with Crippen LogP contribution in [0.15, 0.2) is 53.0 Å². The predicted octanol–water partition coefficient (Wildman–Crippen LogP) is 4.08. The third kappa shape index (κ3) is 3.37. The van der Waals surface area contributed by atoms with Gasteiger partial charge in [0.15, 0.2) is 0 Å². The molecule has 100 valence electrons. The van der Waals surface area contributed by atoms with Crippen molar-refractivity contribution in [2.75, 3.05) is 11.9 Å². The molecule has 1 atom stereocenters. The van der Waals surface area contributed by atoms with E-state index in [1.165, 1.54) is 5.56 Å². The van der Waals surface area contributed by atoms with Crippen LogP contribution in [0, 0.1) is 6.92 Å². The number of halogens is 1. The summed E-state index contributed by atoms with van der Waals surface area (Å²) in [5, 5.41) is 13.2. The van der Waals surface area contributed by atoms with E-state index in [1.54, 1.807) is 0 Å². The molecule has 0 saturated carbocycles. The van der Waals surface area contributed by atoms with Crippen LogP contribution in [0.4, 0.5) is 5.69 Å². The molecule has 2 aromatic rings. The minimum Gasteiger partial charge on any atom is -0.394 e. The number of aryl methyl sites for hydroxylation is 1. The van der Waals surface area contributed by atoms with Crippen molar-refractivity contribution in [1.29, 1.82) is 0 Å². The highest BCUT2D eigenvalue weighted by atomic mass is 79.9. The number of nitrogens with one attached hydrogen (secondary N) is 1. The standard InChI is InChI=1S/C16H18BrNO/c1-12-6-8-15(9-7-12)18-16(2,11-19)13-4-3-5-14(17)10-13/h3-10,18-19H,11H2,1-2H3. The average Bonchev–Trinajstić information content (AvgIpc) is 2.41. The highest BCUT2D eigenvalue weighted by Gasteiger charge is 2.25. The Morgan fingerprint density at radius 3 is 2.42 bits per heavy atom. The van der Waals surface area contributed by atoms with Gasteiger partial charge in [0.05, 0.1) is 12.1 Å². The lowest BCUT2D eigenvalue weighted by molar-refractivity contribution is 0.224. The Morgan fingerprint density at radius 2 is 1.84 bits per heavy atom. The van der Waals surface area contributed by atoms with Crippen LogP contribution < -0.4 is 5.32 Å². The van der Waals surface area contributed by atoms with Gasteiger partial charge in [0, 0.05) is 10.2 Å². The van der Waals surface area contributed by atoms with Crippen molar-refractivity contribution in [3.63, 3.8) is 0 Å². The molecule has 0 fully saturated rings. The molecular formula is C16H18BrNO. The van der Waals surface area contributed by atoms with Crippen LogP contribution >= 0.6 is 15.9 Å². The van der Waals surface area contributed by atoms with Crippen LogP contribution in [-0.4, -0.2) is 11.7 Å². The van der Waals surface area contributed by atoms with Gasteiger partial charge >= 0.3 is 0 Å². The maximum atomic E-state index is 9.77. The van der Waals surface area contributed by atoms with Crippen LogP contribution in [-0.2, 0) is 5.54 Å². The first-order valence-electron chi connectivity index (χ1n) is 6.25. The molecule has 0 radical (unpaired) electrons. The summed E-state index contributed by atoms with van der Waals surface area (Å²) in [6, 6.07) is 16.2. The molecule has 0 aliphatic rings. The van der Waals surface area contributed by atoms with Gasteiger partial charge in [-0.2, -0.15) is 0 Å². The normalized spacial score (nSPS) is 13.9. The summed E-state index contributed by atoms with van der Waals surface area (Å²) < 4.78 is 1.01. The molecule has 0 aromatic heterocycles. The molecule has 0 heterocycles. The van der Waals surface area contributed by atoms with Gasteiger partial charge in [-0.15, -0.1) is 0 Å². The number of anilines is 1. The van der Waals surface area contributed by atoms with Crippen molar-refractivity contribution in [2.24, 2.45) is 0 Å². The number of aliphatic hydroxyl groups excluding tert-OH is 1. The van der Waals surface area contributed by atoms with Crippen molar-refractivity contribution >= 4 is 21.6 Å². The minimum absolute atomic E-state index is 0.0251. The van der Waals surface area contributed by atoms with E-state index in [0.29, 0.717) is 0 Å². The Morgan fingerprint density at radius 1 is 1.16 bits per heavy atom. The monoisotopic (exact) mass is 319 g/mol. The third-order valence-corrected chi connectivity index (χ3v) is 3.74. The molecule has 3 heteroatoms. The summed E-state index contributed by atoms with van der Waals surface area (Å²) in [5.41, 5.74) is 2.77. The second-order valence-electron chi connectivity index (χ2n) is 4.99. The molecule has 0 aliphatic carbocycles. The van der Waals surface area contributed by atoms with E-state index in [4.69, 9.17) is 0 Å². The molecule has 1 unspecified atom stereocenters. The van der Waals surface area contributed by atoms with E-state index in [0.717, 1.165) is 15.7 Å². The maximum absolute atomic E-state index is 9.77. The lowest BCUT2D eigenvalue weighted by Gasteiger charge is -2.30. The largest absolute Gasteiger partial charge is 0.394 e. The Labute approximate surface area is 122 Å². The summed E-state index contributed by atoms with van der Waals surface area (Å²) in [5.74, 6) is 0. The van der Waals surface area contributed by atoms with Crippen molar-refractivity contribution in [2.45, 2.75) is 19.4 Å². The molecule has 0 aliphatic heterocycles. The van der Waals surface area contributed by atoms with Crippen LogP contribution in [0.2, 0.25) is 0 Å². The van der Waals surface area contributed by atoms with E-state index in [-0.39, 0.29) is 6.61 Å². The third-order valence-electron chi connectivity index (χ3n) is 3.25. The number of benzene rings is 2. The van der Waals surface area contributed by atoms with E-state index >= 15 is 0 Å². The first kappa shape index (κ1) is 14.1. The Bertz CT molecular complexity index is 553. The Balaban J connectivity index is 2.30. The van der Waals surface area contributed by atoms with Crippen LogP contribution in [0.1, 0.15) is 18.1 Å². The molecule has 2 nitrogen and oxygen atoms in total. The van der Waals surface area contributed by atoms with E-state index in [9.17, 15) is 5.11 Å². The summed E-state index contributed by atoms with van der Waals surface area (Å²) in [7, 11) is 0. The molecular weight excluding hydrogens is 302 g/mol. The molecule has 0 amide bonds. The molecule has 0 spiro atoms. The molecule has 19 heavy (non-hydrogen) atoms. The number of rotatable bonds is 4. The second kappa shape index (κ2) is 5.76. The molecule has 2 N–H and O–H groups in total. The topological polar surface area (TPSA) is 32.3 Å². The van der Waals surface area contributed by atoms with Gasteiger partial charge < -0.3 is 10.4 Å². The lowest BCUT2D eigenvalue weighted by atomic mass is 9.92. The zero-order valence-electron chi connectivity index (χ0n) is 11.2. The summed E-state index contributed by atoms with van der Waals surface area (Å²) in [6.45, 7) is 4.08. The SMILES string of the molecule is Cc1ccc(NC(C)(CO)c2cccc(Br)c2)cc1. The molecule has 0 saturated heterocycles. The van der Waals surface area contributed by atoms with Crippen LogP contribution in [0.3, 0.4) is 0 Å². The van der Waals surface area contributed by atoms with Gasteiger partial charge in [-0.05, 0) is 43.7 Å². The Hall–Kier alpha value is -1.32. The van der Waals surface area contributed by atoms with Crippen molar-refractivity contribution in [3.05, 3.63) is 64.1 Å². The zero-order valence-corrected chi connectivity index (χ0v) is 12.7. The average molecular weight is 320 g/mol. The lowest BCUT2D eigenvalue weighted by Crippen LogP contribution is -2.35. The highest BCUT2D eigenvalue weighted by Crippen LogP contribution is 2.27. The first-order valence-corrected chi connectivity index (χ1v) is 7.04. The minimum atomic E-state index is -0.501. The van der Waals surface area contributed by atoms with E-state index in [1.807, 2.05) is 43.3 Å². The summed E-state index contributed by atoms with van der Waals surface area (Å²) in [4.78, 5) is 0. The van der Waals surface area contributed by atoms with Gasteiger partial charge in [0.2, 0.25) is 0 Å². The molecule has 2 rings (SSSR count). The quantitative estimate of drug-likeness (QED) is 0.890.